The Balaban J connectivity index is 1.61. The van der Waals surface area contributed by atoms with Gasteiger partial charge in [-0.1, -0.05) is 0 Å². The van der Waals surface area contributed by atoms with Crippen LogP contribution < -0.4 is 10.6 Å². The lowest BCUT2D eigenvalue weighted by molar-refractivity contribution is -0.120. The van der Waals surface area contributed by atoms with Gasteiger partial charge < -0.3 is 10.6 Å². The zero-order valence-electron chi connectivity index (χ0n) is 12.3. The zero-order valence-corrected chi connectivity index (χ0v) is 13.1. The fourth-order valence-corrected chi connectivity index (χ4v) is 3.50. The van der Waals surface area contributed by atoms with Gasteiger partial charge in [-0.25, -0.2) is 4.98 Å². The quantitative estimate of drug-likeness (QED) is 0.915. The third-order valence-electron chi connectivity index (χ3n) is 3.73. The minimum Gasteiger partial charge on any atom is -0.326 e. The molecule has 0 bridgehead atoms. The van der Waals surface area contributed by atoms with Gasteiger partial charge in [0.05, 0.1) is 11.2 Å². The van der Waals surface area contributed by atoms with Crippen LogP contribution in [0.1, 0.15) is 23.9 Å². The molecule has 2 N–H and O–H groups in total. The maximum absolute atomic E-state index is 12.4. The third-order valence-corrected chi connectivity index (χ3v) is 4.63. The molecule has 1 aromatic heterocycles. The van der Waals surface area contributed by atoms with Crippen molar-refractivity contribution < 1.29 is 9.59 Å². The van der Waals surface area contributed by atoms with E-state index in [1.54, 1.807) is 35.6 Å². The van der Waals surface area contributed by atoms with Gasteiger partial charge in [-0.3, -0.25) is 9.59 Å². The van der Waals surface area contributed by atoms with Crippen molar-refractivity contribution in [1.29, 1.82) is 0 Å². The van der Waals surface area contributed by atoms with E-state index in [0.717, 1.165) is 36.3 Å². The lowest BCUT2D eigenvalue weighted by Gasteiger charge is -2.20. The van der Waals surface area contributed by atoms with E-state index < -0.39 is 0 Å². The molecule has 0 aliphatic heterocycles. The Morgan fingerprint density at radius 2 is 1.86 bits per heavy atom. The smallest absolute Gasteiger partial charge is 0.227 e. The van der Waals surface area contributed by atoms with Crippen LogP contribution in [0.25, 0.3) is 0 Å². The van der Waals surface area contributed by atoms with Crippen LogP contribution in [0.15, 0.2) is 29.8 Å². The van der Waals surface area contributed by atoms with Crippen LogP contribution in [0.3, 0.4) is 0 Å². The number of carbonyl (C=O) groups is 2. The van der Waals surface area contributed by atoms with E-state index >= 15 is 0 Å². The Hall–Kier alpha value is -2.21. The molecule has 3 rings (SSSR count). The van der Waals surface area contributed by atoms with Crippen LogP contribution in [-0.4, -0.2) is 16.8 Å². The Labute approximate surface area is 132 Å². The number of nitrogens with one attached hydrogen (secondary N) is 2. The van der Waals surface area contributed by atoms with E-state index in [9.17, 15) is 9.59 Å². The number of thiazole rings is 1. The van der Waals surface area contributed by atoms with Crippen molar-refractivity contribution in [2.45, 2.75) is 26.2 Å². The maximum atomic E-state index is 12.4. The number of fused-ring (bicyclic) bond motifs is 1. The lowest BCUT2D eigenvalue weighted by Crippen LogP contribution is -2.27. The van der Waals surface area contributed by atoms with Gasteiger partial charge in [0.15, 0.2) is 0 Å². The summed E-state index contributed by atoms with van der Waals surface area (Å²) >= 11 is 1.63. The molecule has 1 aliphatic rings. The van der Waals surface area contributed by atoms with Gasteiger partial charge in [0.25, 0.3) is 0 Å². The fraction of sp³-hybridized carbons (Fsp3) is 0.312. The molecule has 22 heavy (non-hydrogen) atoms. The van der Waals surface area contributed by atoms with Gasteiger partial charge >= 0.3 is 0 Å². The normalized spacial score (nSPS) is 16.7. The van der Waals surface area contributed by atoms with Crippen LogP contribution in [0.2, 0.25) is 0 Å². The van der Waals surface area contributed by atoms with Gasteiger partial charge in [-0.15, -0.1) is 11.3 Å². The molecule has 0 radical (unpaired) electrons. The molecule has 1 heterocycles. The van der Waals surface area contributed by atoms with Crippen LogP contribution >= 0.6 is 11.3 Å². The van der Waals surface area contributed by atoms with Gasteiger partial charge in [-0.2, -0.15) is 0 Å². The summed E-state index contributed by atoms with van der Waals surface area (Å²) in [6.07, 6.45) is 2.49. The third kappa shape index (κ3) is 3.33. The molecule has 2 aromatic rings. The van der Waals surface area contributed by atoms with E-state index in [1.165, 1.54) is 11.8 Å². The first kappa shape index (κ1) is 14.7. The molecule has 6 heteroatoms. The highest BCUT2D eigenvalue weighted by atomic mass is 32.1. The summed E-state index contributed by atoms with van der Waals surface area (Å²) in [6, 6.07) is 7.15. The topological polar surface area (TPSA) is 71.1 Å². The lowest BCUT2D eigenvalue weighted by atomic mass is 9.90. The summed E-state index contributed by atoms with van der Waals surface area (Å²) in [6.45, 7) is 1.46. The first-order chi connectivity index (χ1) is 10.6. The summed E-state index contributed by atoms with van der Waals surface area (Å²) in [7, 11) is 0. The van der Waals surface area contributed by atoms with Crippen molar-refractivity contribution >= 4 is 34.5 Å². The van der Waals surface area contributed by atoms with Crippen molar-refractivity contribution in [2.75, 3.05) is 10.6 Å². The number of hydrogen-bond donors (Lipinski definition) is 2. The molecule has 1 aliphatic carbocycles. The Kier molecular flexibility index (Phi) is 4.20. The summed E-state index contributed by atoms with van der Waals surface area (Å²) < 4.78 is 0. The molecular weight excluding hydrogens is 298 g/mol. The number of nitrogens with zero attached hydrogens (tertiary/aromatic N) is 1. The number of anilines is 2. The van der Waals surface area contributed by atoms with E-state index in [-0.39, 0.29) is 17.7 Å². The summed E-state index contributed by atoms with van der Waals surface area (Å²) in [4.78, 5) is 28.9. The van der Waals surface area contributed by atoms with Crippen LogP contribution in [0.4, 0.5) is 11.4 Å². The summed E-state index contributed by atoms with van der Waals surface area (Å²) in [5.74, 6) is -0.0614. The van der Waals surface area contributed by atoms with E-state index in [2.05, 4.69) is 15.6 Å². The molecule has 0 saturated carbocycles. The van der Waals surface area contributed by atoms with Gasteiger partial charge in [0.2, 0.25) is 11.8 Å². The minimum atomic E-state index is -0.112. The molecule has 114 valence electrons. The summed E-state index contributed by atoms with van der Waals surface area (Å²) in [5.41, 5.74) is 4.46. The second kappa shape index (κ2) is 6.27. The second-order valence-electron chi connectivity index (χ2n) is 5.41. The standard InChI is InChI=1S/C16H17N3O2S/c1-10(20)18-12-3-5-13(6-4-12)19-16(21)11-2-7-14-15(8-11)22-9-17-14/h3-6,9,11H,2,7-8H2,1H3,(H,18,20)(H,19,21). The molecule has 0 saturated heterocycles. The Bertz CT molecular complexity index is 694. The highest BCUT2D eigenvalue weighted by Crippen LogP contribution is 2.28. The van der Waals surface area contributed by atoms with Gasteiger partial charge in [-0.05, 0) is 43.5 Å². The predicted octanol–water partition coefficient (Wildman–Crippen LogP) is 2.85. The zero-order chi connectivity index (χ0) is 15.5. The predicted molar refractivity (Wildman–Crippen MR) is 87.0 cm³/mol. The second-order valence-corrected chi connectivity index (χ2v) is 6.35. The van der Waals surface area contributed by atoms with Crippen LogP contribution in [0.5, 0.6) is 0 Å². The van der Waals surface area contributed by atoms with Crippen molar-refractivity contribution in [1.82, 2.24) is 4.98 Å². The highest BCUT2D eigenvalue weighted by molar-refractivity contribution is 7.09. The molecule has 0 fully saturated rings. The monoisotopic (exact) mass is 315 g/mol. The van der Waals surface area contributed by atoms with Gasteiger partial charge in [0.1, 0.15) is 0 Å². The number of benzene rings is 1. The number of amides is 2. The first-order valence-corrected chi connectivity index (χ1v) is 8.09. The number of aryl methyl sites for hydroxylation is 1. The van der Waals surface area contributed by atoms with E-state index in [1.807, 2.05) is 5.51 Å². The SMILES string of the molecule is CC(=O)Nc1ccc(NC(=O)C2CCc3ncsc3C2)cc1. The number of aromatic nitrogens is 1. The van der Waals surface area contributed by atoms with Crippen molar-refractivity contribution in [3.63, 3.8) is 0 Å². The molecule has 0 spiro atoms. The number of rotatable bonds is 3. The van der Waals surface area contributed by atoms with Gasteiger partial charge in [0, 0.05) is 29.1 Å². The Morgan fingerprint density at radius 3 is 2.55 bits per heavy atom. The largest absolute Gasteiger partial charge is 0.326 e. The number of hydrogen-bond acceptors (Lipinski definition) is 4. The van der Waals surface area contributed by atoms with Crippen molar-refractivity contribution in [3.8, 4) is 0 Å². The van der Waals surface area contributed by atoms with E-state index in [0.29, 0.717) is 0 Å². The van der Waals surface area contributed by atoms with Crippen molar-refractivity contribution in [3.05, 3.63) is 40.3 Å². The average molecular weight is 315 g/mol. The van der Waals surface area contributed by atoms with Crippen LogP contribution in [-0.2, 0) is 22.4 Å². The molecule has 1 atom stereocenters. The molecule has 1 aromatic carbocycles. The molecule has 5 nitrogen and oxygen atoms in total. The fourth-order valence-electron chi connectivity index (χ4n) is 2.61. The first-order valence-electron chi connectivity index (χ1n) is 7.21. The molecule has 1 unspecified atom stereocenters. The molecular formula is C16H17N3O2S. The van der Waals surface area contributed by atoms with Crippen molar-refractivity contribution in [2.24, 2.45) is 5.92 Å². The maximum Gasteiger partial charge on any atom is 0.227 e. The number of carbonyl (C=O) groups excluding carboxylic acids is 2. The Morgan fingerprint density at radius 1 is 1.18 bits per heavy atom. The van der Waals surface area contributed by atoms with E-state index in [4.69, 9.17) is 0 Å². The average Bonchev–Trinajstić information content (AvgIpc) is 2.96. The summed E-state index contributed by atoms with van der Waals surface area (Å²) in [5, 5.41) is 5.65. The highest BCUT2D eigenvalue weighted by Gasteiger charge is 2.26. The molecule has 2 amide bonds. The minimum absolute atomic E-state index is 0.00275. The van der Waals surface area contributed by atoms with Crippen LogP contribution in [0, 0.1) is 5.92 Å².